The molecule has 158 valence electrons. The van der Waals surface area contributed by atoms with Gasteiger partial charge in [0.2, 0.25) is 5.75 Å². The van der Waals surface area contributed by atoms with Crippen LogP contribution in [0.3, 0.4) is 0 Å². The molecule has 0 bridgehead atoms. The standard InChI is InChI=1S/C24H27NO5/c1-14(15-6-10-17(27-2)11-7-15)21-18-12-20(28-3)23(30-5)22(29-4)19(18)13-25(24(21)26)16-8-9-16/h6-7,10-12,16H,8-9,13H2,1-5H3/b21-14+. The maximum absolute atomic E-state index is 13.6. The van der Waals surface area contributed by atoms with Gasteiger partial charge in [-0.2, -0.15) is 0 Å². The average Bonchev–Trinajstić information content (AvgIpc) is 3.62. The Balaban J connectivity index is 1.96. The van der Waals surface area contributed by atoms with Gasteiger partial charge in [0.1, 0.15) is 5.75 Å². The van der Waals surface area contributed by atoms with E-state index in [0.717, 1.165) is 40.9 Å². The lowest BCUT2D eigenvalue weighted by Gasteiger charge is -2.33. The van der Waals surface area contributed by atoms with Crippen molar-refractivity contribution in [1.82, 2.24) is 4.90 Å². The van der Waals surface area contributed by atoms with Crippen LogP contribution in [-0.2, 0) is 11.3 Å². The zero-order valence-electron chi connectivity index (χ0n) is 18.1. The van der Waals surface area contributed by atoms with E-state index in [1.54, 1.807) is 28.4 Å². The molecule has 6 heteroatoms. The second-order valence-electron chi connectivity index (χ2n) is 7.56. The molecule has 6 nitrogen and oxygen atoms in total. The molecule has 0 unspecified atom stereocenters. The van der Waals surface area contributed by atoms with Crippen molar-refractivity contribution < 1.29 is 23.7 Å². The van der Waals surface area contributed by atoms with E-state index in [4.69, 9.17) is 18.9 Å². The number of methoxy groups -OCH3 is 4. The Kier molecular flexibility index (Phi) is 5.33. The summed E-state index contributed by atoms with van der Waals surface area (Å²) in [6.07, 6.45) is 2.07. The zero-order valence-corrected chi connectivity index (χ0v) is 18.1. The van der Waals surface area contributed by atoms with E-state index in [-0.39, 0.29) is 11.9 Å². The van der Waals surface area contributed by atoms with Gasteiger partial charge in [0.15, 0.2) is 11.5 Å². The van der Waals surface area contributed by atoms with E-state index in [2.05, 4.69) is 0 Å². The van der Waals surface area contributed by atoms with Gasteiger partial charge in [0.25, 0.3) is 5.91 Å². The van der Waals surface area contributed by atoms with Gasteiger partial charge in [-0.3, -0.25) is 4.79 Å². The highest BCUT2D eigenvalue weighted by molar-refractivity contribution is 6.28. The predicted molar refractivity (Wildman–Crippen MR) is 115 cm³/mol. The Hall–Kier alpha value is -3.15. The van der Waals surface area contributed by atoms with Crippen LogP contribution in [0.2, 0.25) is 0 Å². The Bertz CT molecular complexity index is 1010. The highest BCUT2D eigenvalue weighted by Gasteiger charge is 2.41. The fourth-order valence-corrected chi connectivity index (χ4v) is 4.13. The molecule has 2 aromatic rings. The van der Waals surface area contributed by atoms with Crippen LogP contribution < -0.4 is 18.9 Å². The summed E-state index contributed by atoms with van der Waals surface area (Å²) in [6.45, 7) is 2.49. The van der Waals surface area contributed by atoms with Crippen molar-refractivity contribution in [3.05, 3.63) is 47.0 Å². The van der Waals surface area contributed by atoms with Gasteiger partial charge in [0.05, 0.1) is 40.6 Å². The van der Waals surface area contributed by atoms with E-state index in [1.807, 2.05) is 42.2 Å². The Morgan fingerprint density at radius 1 is 0.933 bits per heavy atom. The number of amides is 1. The highest BCUT2D eigenvalue weighted by atomic mass is 16.5. The number of hydrogen-bond donors (Lipinski definition) is 0. The second-order valence-corrected chi connectivity index (χ2v) is 7.56. The van der Waals surface area contributed by atoms with Crippen molar-refractivity contribution in [1.29, 1.82) is 0 Å². The van der Waals surface area contributed by atoms with E-state index >= 15 is 0 Å². The molecule has 0 N–H and O–H groups in total. The first-order valence-electron chi connectivity index (χ1n) is 10.0. The van der Waals surface area contributed by atoms with Crippen molar-refractivity contribution in [2.24, 2.45) is 0 Å². The van der Waals surface area contributed by atoms with Crippen LogP contribution >= 0.6 is 0 Å². The number of carbonyl (C=O) groups is 1. The van der Waals surface area contributed by atoms with Gasteiger partial charge < -0.3 is 23.8 Å². The van der Waals surface area contributed by atoms with Crippen LogP contribution in [0.5, 0.6) is 23.0 Å². The summed E-state index contributed by atoms with van der Waals surface area (Å²) < 4.78 is 22.2. The maximum Gasteiger partial charge on any atom is 0.255 e. The zero-order chi connectivity index (χ0) is 21.4. The van der Waals surface area contributed by atoms with E-state index in [9.17, 15) is 4.79 Å². The first-order valence-corrected chi connectivity index (χ1v) is 10.0. The summed E-state index contributed by atoms with van der Waals surface area (Å²) in [6, 6.07) is 9.93. The molecule has 2 aliphatic rings. The third-order valence-corrected chi connectivity index (χ3v) is 5.89. The first-order chi connectivity index (χ1) is 14.5. The van der Waals surface area contributed by atoms with Crippen molar-refractivity contribution in [3.8, 4) is 23.0 Å². The monoisotopic (exact) mass is 409 g/mol. The van der Waals surface area contributed by atoms with Crippen LogP contribution in [0, 0.1) is 0 Å². The summed E-state index contributed by atoms with van der Waals surface area (Å²) in [5.74, 6) is 2.53. The number of hydrogen-bond acceptors (Lipinski definition) is 5. The lowest BCUT2D eigenvalue weighted by atomic mass is 9.87. The third kappa shape index (κ3) is 3.26. The van der Waals surface area contributed by atoms with Crippen LogP contribution in [0.15, 0.2) is 30.3 Å². The molecule has 30 heavy (non-hydrogen) atoms. The largest absolute Gasteiger partial charge is 0.497 e. The third-order valence-electron chi connectivity index (χ3n) is 5.89. The quantitative estimate of drug-likeness (QED) is 0.671. The van der Waals surface area contributed by atoms with E-state index in [0.29, 0.717) is 29.4 Å². The van der Waals surface area contributed by atoms with Gasteiger partial charge in [-0.15, -0.1) is 0 Å². The van der Waals surface area contributed by atoms with Gasteiger partial charge in [-0.1, -0.05) is 12.1 Å². The Labute approximate surface area is 177 Å². The molecule has 1 aliphatic carbocycles. The molecule has 0 saturated heterocycles. The maximum atomic E-state index is 13.6. The average molecular weight is 409 g/mol. The van der Waals surface area contributed by atoms with Crippen molar-refractivity contribution in [2.75, 3.05) is 28.4 Å². The molecule has 4 rings (SSSR count). The number of benzene rings is 2. The fourth-order valence-electron chi connectivity index (χ4n) is 4.13. The highest BCUT2D eigenvalue weighted by Crippen LogP contribution is 2.49. The van der Waals surface area contributed by atoms with Crippen LogP contribution in [0.1, 0.15) is 36.5 Å². The molecule has 0 spiro atoms. The van der Waals surface area contributed by atoms with E-state index < -0.39 is 0 Å². The minimum atomic E-state index is 0.0487. The summed E-state index contributed by atoms with van der Waals surface area (Å²) in [5.41, 5.74) is 4.33. The lowest BCUT2D eigenvalue weighted by molar-refractivity contribution is -0.126. The summed E-state index contributed by atoms with van der Waals surface area (Å²) in [4.78, 5) is 15.5. The summed E-state index contributed by atoms with van der Waals surface area (Å²) >= 11 is 0. The molecule has 1 heterocycles. The van der Waals surface area contributed by atoms with Crippen molar-refractivity contribution >= 4 is 17.1 Å². The molecule has 1 saturated carbocycles. The molecule has 1 amide bonds. The number of allylic oxidation sites excluding steroid dienone is 1. The molecule has 1 fully saturated rings. The Morgan fingerprint density at radius 3 is 2.13 bits per heavy atom. The first kappa shape index (κ1) is 20.1. The van der Waals surface area contributed by atoms with Crippen LogP contribution in [0.25, 0.3) is 11.1 Å². The SMILES string of the molecule is COc1ccc(/C(C)=C2/C(=O)N(C3CC3)Cc3c2cc(OC)c(OC)c3OC)cc1. The van der Waals surface area contributed by atoms with Crippen molar-refractivity contribution in [2.45, 2.75) is 32.4 Å². The summed E-state index contributed by atoms with van der Waals surface area (Å²) in [7, 11) is 6.44. The minimum absolute atomic E-state index is 0.0487. The van der Waals surface area contributed by atoms with Gasteiger partial charge in [-0.25, -0.2) is 0 Å². The normalized spacial score (nSPS) is 17.4. The molecule has 2 aromatic carbocycles. The molecular formula is C24H27NO5. The van der Waals surface area contributed by atoms with E-state index in [1.165, 1.54) is 0 Å². The Morgan fingerprint density at radius 2 is 1.60 bits per heavy atom. The van der Waals surface area contributed by atoms with Crippen molar-refractivity contribution in [3.63, 3.8) is 0 Å². The fraction of sp³-hybridized carbons (Fsp3) is 0.375. The van der Waals surface area contributed by atoms with Gasteiger partial charge >= 0.3 is 0 Å². The predicted octanol–water partition coefficient (Wildman–Crippen LogP) is 4.16. The molecule has 0 aromatic heterocycles. The number of nitrogens with zero attached hydrogens (tertiary/aromatic N) is 1. The van der Waals surface area contributed by atoms with Gasteiger partial charge in [-0.05, 0) is 49.1 Å². The number of rotatable bonds is 6. The second kappa shape index (κ2) is 7.94. The minimum Gasteiger partial charge on any atom is -0.497 e. The van der Waals surface area contributed by atoms with Crippen LogP contribution in [0.4, 0.5) is 0 Å². The molecule has 1 aliphatic heterocycles. The smallest absolute Gasteiger partial charge is 0.255 e. The molecule has 0 radical (unpaired) electrons. The molecular weight excluding hydrogens is 382 g/mol. The lowest BCUT2D eigenvalue weighted by Crippen LogP contribution is -2.37. The molecule has 0 atom stereocenters. The van der Waals surface area contributed by atoms with Gasteiger partial charge in [0, 0.05) is 17.2 Å². The summed E-state index contributed by atoms with van der Waals surface area (Å²) in [5, 5.41) is 0. The number of carbonyl (C=O) groups excluding carboxylic acids is 1. The number of fused-ring (bicyclic) bond motifs is 1. The van der Waals surface area contributed by atoms with Crippen LogP contribution in [-0.4, -0.2) is 45.3 Å². The topological polar surface area (TPSA) is 57.2 Å². The number of ether oxygens (including phenoxy) is 4.